The first kappa shape index (κ1) is 10.1. The van der Waals surface area contributed by atoms with E-state index in [1.807, 2.05) is 0 Å². The molecule has 1 aromatic heterocycles. The van der Waals surface area contributed by atoms with Crippen LogP contribution in [0.25, 0.3) is 0 Å². The molecule has 1 heterocycles. The van der Waals surface area contributed by atoms with Gasteiger partial charge in [-0.25, -0.2) is 9.78 Å². The molecule has 0 aliphatic carbocycles. The number of carboxylic acids is 1. The number of hydrogen-bond acceptors (Lipinski definition) is 3. The molecule has 0 bridgehead atoms. The lowest BCUT2D eigenvalue weighted by atomic mass is 10.3. The van der Waals surface area contributed by atoms with E-state index in [2.05, 4.69) is 10.9 Å². The Morgan fingerprint density at radius 2 is 2.50 bits per heavy atom. The number of aromatic nitrogens is 1. The van der Waals surface area contributed by atoms with Crippen molar-refractivity contribution in [1.82, 2.24) is 4.98 Å². The largest absolute Gasteiger partial charge is 0.478 e. The summed E-state index contributed by atoms with van der Waals surface area (Å²) in [5, 5.41) is 8.67. The molecule has 0 saturated carbocycles. The highest BCUT2D eigenvalue weighted by atomic mass is 16.5. The minimum absolute atomic E-state index is 0.149. The van der Waals surface area contributed by atoms with E-state index in [9.17, 15) is 4.79 Å². The zero-order valence-electron chi connectivity index (χ0n) is 7.43. The SMILES string of the molecule is C#CCCOc1cc(C(=O)O)ccn1. The lowest BCUT2D eigenvalue weighted by Crippen LogP contribution is -2.01. The van der Waals surface area contributed by atoms with Crippen molar-refractivity contribution in [3.05, 3.63) is 23.9 Å². The molecule has 72 valence electrons. The number of rotatable bonds is 4. The molecule has 0 aromatic carbocycles. The summed E-state index contributed by atoms with van der Waals surface area (Å²) in [5.41, 5.74) is 0.149. The summed E-state index contributed by atoms with van der Waals surface area (Å²) >= 11 is 0. The van der Waals surface area contributed by atoms with Gasteiger partial charge >= 0.3 is 5.97 Å². The van der Waals surface area contributed by atoms with Gasteiger partial charge in [0.2, 0.25) is 5.88 Å². The Labute approximate surface area is 81.5 Å². The van der Waals surface area contributed by atoms with Crippen LogP contribution in [0.1, 0.15) is 16.8 Å². The van der Waals surface area contributed by atoms with Crippen LogP contribution >= 0.6 is 0 Å². The number of carbonyl (C=O) groups is 1. The molecule has 4 heteroatoms. The number of hydrogen-bond donors (Lipinski definition) is 1. The summed E-state index contributed by atoms with van der Waals surface area (Å²) in [6.07, 6.45) is 6.88. The van der Waals surface area contributed by atoms with E-state index in [4.69, 9.17) is 16.3 Å². The highest BCUT2D eigenvalue weighted by Crippen LogP contribution is 2.09. The third-order valence-electron chi connectivity index (χ3n) is 1.48. The van der Waals surface area contributed by atoms with Crippen molar-refractivity contribution in [1.29, 1.82) is 0 Å². The van der Waals surface area contributed by atoms with Crippen molar-refractivity contribution < 1.29 is 14.6 Å². The molecule has 0 spiro atoms. The van der Waals surface area contributed by atoms with Gasteiger partial charge in [-0.3, -0.25) is 0 Å². The summed E-state index contributed by atoms with van der Waals surface area (Å²) in [5.74, 6) is 1.68. The molecule has 0 radical (unpaired) electrons. The van der Waals surface area contributed by atoms with E-state index >= 15 is 0 Å². The lowest BCUT2D eigenvalue weighted by molar-refractivity contribution is 0.0696. The maximum atomic E-state index is 10.6. The molecule has 1 N–H and O–H groups in total. The highest BCUT2D eigenvalue weighted by Gasteiger charge is 2.04. The molecule has 0 saturated heterocycles. The molecular formula is C10H9NO3. The number of ether oxygens (including phenoxy) is 1. The second kappa shape index (κ2) is 4.87. The van der Waals surface area contributed by atoms with Crippen molar-refractivity contribution in [2.45, 2.75) is 6.42 Å². The Kier molecular flexibility index (Phi) is 3.50. The summed E-state index contributed by atoms with van der Waals surface area (Å²) in [6, 6.07) is 2.76. The van der Waals surface area contributed by atoms with Crippen LogP contribution in [0.3, 0.4) is 0 Å². The maximum Gasteiger partial charge on any atom is 0.335 e. The van der Waals surface area contributed by atoms with Crippen LogP contribution in [0.5, 0.6) is 5.88 Å². The van der Waals surface area contributed by atoms with Gasteiger partial charge in [0.15, 0.2) is 0 Å². The summed E-state index contributed by atoms with van der Waals surface area (Å²) in [4.78, 5) is 14.4. The molecule has 1 rings (SSSR count). The number of aromatic carboxylic acids is 1. The Balaban J connectivity index is 2.65. The van der Waals surface area contributed by atoms with Crippen LogP contribution in [0.15, 0.2) is 18.3 Å². The minimum atomic E-state index is -1.01. The average molecular weight is 191 g/mol. The van der Waals surface area contributed by atoms with Crippen LogP contribution in [0.4, 0.5) is 0 Å². The molecular weight excluding hydrogens is 182 g/mol. The van der Waals surface area contributed by atoms with Gasteiger partial charge in [-0.05, 0) is 6.07 Å². The van der Waals surface area contributed by atoms with Crippen molar-refractivity contribution in [2.75, 3.05) is 6.61 Å². The molecule has 0 fully saturated rings. The number of nitrogens with zero attached hydrogens (tertiary/aromatic N) is 1. The molecule has 0 amide bonds. The first-order valence-electron chi connectivity index (χ1n) is 3.99. The van der Waals surface area contributed by atoms with Gasteiger partial charge in [0.05, 0.1) is 5.56 Å². The first-order chi connectivity index (χ1) is 6.74. The van der Waals surface area contributed by atoms with Gasteiger partial charge in [-0.15, -0.1) is 12.3 Å². The van der Waals surface area contributed by atoms with E-state index in [0.717, 1.165) is 0 Å². The summed E-state index contributed by atoms with van der Waals surface area (Å²) < 4.78 is 5.12. The van der Waals surface area contributed by atoms with E-state index in [1.54, 1.807) is 0 Å². The lowest BCUT2D eigenvalue weighted by Gasteiger charge is -2.02. The summed E-state index contributed by atoms with van der Waals surface area (Å²) in [6.45, 7) is 0.340. The molecule has 0 unspecified atom stereocenters. The van der Waals surface area contributed by atoms with Crippen molar-refractivity contribution in [2.24, 2.45) is 0 Å². The van der Waals surface area contributed by atoms with E-state index < -0.39 is 5.97 Å². The van der Waals surface area contributed by atoms with Crippen LogP contribution < -0.4 is 4.74 Å². The van der Waals surface area contributed by atoms with Gasteiger partial charge in [0.1, 0.15) is 6.61 Å². The first-order valence-corrected chi connectivity index (χ1v) is 3.99. The fourth-order valence-electron chi connectivity index (χ4n) is 0.836. The van der Waals surface area contributed by atoms with E-state index in [-0.39, 0.29) is 11.4 Å². The predicted molar refractivity (Wildman–Crippen MR) is 50.1 cm³/mol. The molecule has 1 aromatic rings. The van der Waals surface area contributed by atoms with Gasteiger partial charge < -0.3 is 9.84 Å². The number of carboxylic acid groups (broad SMARTS) is 1. The second-order valence-corrected chi connectivity index (χ2v) is 2.49. The Bertz CT molecular complexity index is 368. The third-order valence-corrected chi connectivity index (χ3v) is 1.48. The van der Waals surface area contributed by atoms with Crippen LogP contribution in [0, 0.1) is 12.3 Å². The third kappa shape index (κ3) is 2.79. The Hall–Kier alpha value is -2.02. The Morgan fingerprint density at radius 1 is 1.71 bits per heavy atom. The standard InChI is InChI=1S/C10H9NO3/c1-2-3-6-14-9-7-8(10(12)13)4-5-11-9/h1,4-5,7H,3,6H2,(H,12,13). The average Bonchev–Trinajstić information content (AvgIpc) is 2.19. The topological polar surface area (TPSA) is 59.4 Å². The molecule has 0 atom stereocenters. The quantitative estimate of drug-likeness (QED) is 0.573. The van der Waals surface area contributed by atoms with Crippen molar-refractivity contribution >= 4 is 5.97 Å². The normalized spacial score (nSPS) is 9.07. The van der Waals surface area contributed by atoms with Crippen molar-refractivity contribution in [3.8, 4) is 18.2 Å². The fraction of sp³-hybridized carbons (Fsp3) is 0.200. The smallest absolute Gasteiger partial charge is 0.335 e. The Morgan fingerprint density at radius 3 is 3.14 bits per heavy atom. The summed E-state index contributed by atoms with van der Waals surface area (Å²) in [7, 11) is 0. The molecule has 4 nitrogen and oxygen atoms in total. The van der Waals surface area contributed by atoms with Gasteiger partial charge in [0.25, 0.3) is 0 Å². The fourth-order valence-corrected chi connectivity index (χ4v) is 0.836. The van der Waals surface area contributed by atoms with Gasteiger partial charge in [-0.1, -0.05) is 0 Å². The zero-order valence-corrected chi connectivity index (χ0v) is 7.43. The monoisotopic (exact) mass is 191 g/mol. The predicted octanol–water partition coefficient (Wildman–Crippen LogP) is 1.18. The van der Waals surface area contributed by atoms with E-state index in [1.165, 1.54) is 18.3 Å². The van der Waals surface area contributed by atoms with Crippen LogP contribution in [-0.2, 0) is 0 Å². The number of pyridine rings is 1. The maximum absolute atomic E-state index is 10.6. The van der Waals surface area contributed by atoms with Gasteiger partial charge in [-0.2, -0.15) is 0 Å². The van der Waals surface area contributed by atoms with Crippen molar-refractivity contribution in [3.63, 3.8) is 0 Å². The minimum Gasteiger partial charge on any atom is -0.478 e. The second-order valence-electron chi connectivity index (χ2n) is 2.49. The molecule has 14 heavy (non-hydrogen) atoms. The molecule has 0 aliphatic heterocycles. The van der Waals surface area contributed by atoms with Gasteiger partial charge in [0, 0.05) is 18.7 Å². The zero-order chi connectivity index (χ0) is 10.4. The highest BCUT2D eigenvalue weighted by molar-refractivity contribution is 5.87. The molecule has 0 aliphatic rings. The number of terminal acetylenes is 1. The van der Waals surface area contributed by atoms with Crippen LogP contribution in [0.2, 0.25) is 0 Å². The van der Waals surface area contributed by atoms with E-state index in [0.29, 0.717) is 13.0 Å². The van der Waals surface area contributed by atoms with Crippen LogP contribution in [-0.4, -0.2) is 22.7 Å².